The molecule has 1 saturated heterocycles. The number of primary amides is 1. The molecule has 0 aromatic heterocycles. The van der Waals surface area contributed by atoms with E-state index in [9.17, 15) is 9.59 Å². The van der Waals surface area contributed by atoms with Crippen molar-refractivity contribution in [3.05, 3.63) is 0 Å². The van der Waals surface area contributed by atoms with Crippen LogP contribution in [-0.4, -0.2) is 36.0 Å². The number of amides is 3. The number of nitrogens with one attached hydrogen (secondary N) is 1. The predicted molar refractivity (Wildman–Crippen MR) is 47.9 cm³/mol. The van der Waals surface area contributed by atoms with Gasteiger partial charge in [-0.2, -0.15) is 5.26 Å². The van der Waals surface area contributed by atoms with Gasteiger partial charge in [-0.05, 0) is 6.42 Å². The van der Waals surface area contributed by atoms with Crippen LogP contribution in [0.4, 0.5) is 4.79 Å². The molecule has 0 saturated carbocycles. The highest BCUT2D eigenvalue weighted by atomic mass is 16.2. The number of hydrogen-bond donors (Lipinski definition) is 2. The fourth-order valence-electron chi connectivity index (χ4n) is 1.43. The van der Waals surface area contributed by atoms with Crippen molar-refractivity contribution in [2.45, 2.75) is 18.9 Å². The number of carbonyl (C=O) groups is 2. The number of likely N-dealkylation sites (tertiary alicyclic amines) is 1. The van der Waals surface area contributed by atoms with Crippen molar-refractivity contribution in [2.24, 2.45) is 5.73 Å². The second-order valence-electron chi connectivity index (χ2n) is 3.17. The van der Waals surface area contributed by atoms with Crippen molar-refractivity contribution in [3.8, 4) is 6.07 Å². The normalized spacial score (nSPS) is 20.2. The predicted octanol–water partition coefficient (Wildman–Crippen LogP) is -0.831. The molecule has 0 aliphatic carbocycles. The first kappa shape index (κ1) is 10.3. The molecule has 1 rings (SSSR count). The van der Waals surface area contributed by atoms with Crippen LogP contribution in [0.3, 0.4) is 0 Å². The molecular formula is C8H12N4O2. The first-order chi connectivity index (χ1) is 6.63. The SMILES string of the molecule is N#CCC(=O)NC1CCN(C(N)=O)C1. The molecule has 0 aromatic rings. The Morgan fingerprint density at radius 3 is 2.86 bits per heavy atom. The van der Waals surface area contributed by atoms with Crippen LogP contribution in [0.1, 0.15) is 12.8 Å². The number of nitrogens with zero attached hydrogens (tertiary/aromatic N) is 2. The fraction of sp³-hybridized carbons (Fsp3) is 0.625. The van der Waals surface area contributed by atoms with Crippen LogP contribution in [0.15, 0.2) is 0 Å². The van der Waals surface area contributed by atoms with Gasteiger partial charge < -0.3 is 16.0 Å². The molecule has 0 bridgehead atoms. The number of carbonyl (C=O) groups excluding carboxylic acids is 2. The quantitative estimate of drug-likeness (QED) is 0.602. The lowest BCUT2D eigenvalue weighted by atomic mass is 10.2. The van der Waals surface area contributed by atoms with E-state index in [-0.39, 0.29) is 18.4 Å². The molecule has 1 aliphatic rings. The third-order valence-electron chi connectivity index (χ3n) is 2.10. The van der Waals surface area contributed by atoms with Crippen molar-refractivity contribution in [3.63, 3.8) is 0 Å². The Labute approximate surface area is 81.7 Å². The van der Waals surface area contributed by atoms with Gasteiger partial charge in [-0.25, -0.2) is 4.79 Å². The summed E-state index contributed by atoms with van der Waals surface area (Å²) in [5.41, 5.74) is 5.07. The van der Waals surface area contributed by atoms with E-state index < -0.39 is 6.03 Å². The number of hydrogen-bond acceptors (Lipinski definition) is 3. The van der Waals surface area contributed by atoms with Crippen LogP contribution in [0.2, 0.25) is 0 Å². The molecule has 1 aliphatic heterocycles. The third-order valence-corrected chi connectivity index (χ3v) is 2.10. The van der Waals surface area contributed by atoms with E-state index in [4.69, 9.17) is 11.0 Å². The minimum Gasteiger partial charge on any atom is -0.351 e. The summed E-state index contributed by atoms with van der Waals surface area (Å²) in [6.07, 6.45) is 0.549. The molecule has 6 nitrogen and oxygen atoms in total. The topological polar surface area (TPSA) is 99.2 Å². The van der Waals surface area contributed by atoms with E-state index in [1.165, 1.54) is 4.90 Å². The summed E-state index contributed by atoms with van der Waals surface area (Å²) in [6.45, 7) is 0.999. The maximum Gasteiger partial charge on any atom is 0.314 e. The summed E-state index contributed by atoms with van der Waals surface area (Å²) in [4.78, 5) is 23.2. The summed E-state index contributed by atoms with van der Waals surface area (Å²) >= 11 is 0. The fourth-order valence-corrected chi connectivity index (χ4v) is 1.43. The van der Waals surface area contributed by atoms with Crippen molar-refractivity contribution >= 4 is 11.9 Å². The Morgan fingerprint density at radius 2 is 2.36 bits per heavy atom. The summed E-state index contributed by atoms with van der Waals surface area (Å²) in [5.74, 6) is -0.302. The number of rotatable bonds is 2. The van der Waals surface area contributed by atoms with Crippen molar-refractivity contribution < 1.29 is 9.59 Å². The Morgan fingerprint density at radius 1 is 1.64 bits per heavy atom. The van der Waals surface area contributed by atoms with E-state index in [2.05, 4.69) is 5.32 Å². The zero-order chi connectivity index (χ0) is 10.6. The zero-order valence-corrected chi connectivity index (χ0v) is 7.69. The molecule has 0 radical (unpaired) electrons. The third kappa shape index (κ3) is 2.62. The van der Waals surface area contributed by atoms with E-state index in [0.717, 1.165) is 0 Å². The first-order valence-electron chi connectivity index (χ1n) is 4.34. The summed E-state index contributed by atoms with van der Waals surface area (Å²) in [7, 11) is 0. The van der Waals surface area contributed by atoms with Crippen molar-refractivity contribution in [1.82, 2.24) is 10.2 Å². The molecule has 6 heteroatoms. The number of urea groups is 1. The van der Waals surface area contributed by atoms with Crippen LogP contribution in [0.25, 0.3) is 0 Å². The Balaban J connectivity index is 2.33. The number of nitriles is 1. The molecular weight excluding hydrogens is 184 g/mol. The summed E-state index contributed by atoms with van der Waals surface area (Å²) < 4.78 is 0. The zero-order valence-electron chi connectivity index (χ0n) is 7.69. The van der Waals surface area contributed by atoms with Gasteiger partial charge in [0.1, 0.15) is 6.42 Å². The molecule has 1 atom stereocenters. The van der Waals surface area contributed by atoms with Crippen LogP contribution >= 0.6 is 0 Å². The van der Waals surface area contributed by atoms with Gasteiger partial charge in [0.2, 0.25) is 5.91 Å². The maximum absolute atomic E-state index is 11.0. The largest absolute Gasteiger partial charge is 0.351 e. The van der Waals surface area contributed by atoms with Crippen LogP contribution < -0.4 is 11.1 Å². The van der Waals surface area contributed by atoms with Gasteiger partial charge in [-0.15, -0.1) is 0 Å². The molecule has 14 heavy (non-hydrogen) atoms. The lowest BCUT2D eigenvalue weighted by molar-refractivity contribution is -0.120. The van der Waals surface area contributed by atoms with Crippen LogP contribution in [-0.2, 0) is 4.79 Å². The lowest BCUT2D eigenvalue weighted by Crippen LogP contribution is -2.39. The highest BCUT2D eigenvalue weighted by Gasteiger charge is 2.25. The van der Waals surface area contributed by atoms with Gasteiger partial charge in [-0.1, -0.05) is 0 Å². The Hall–Kier alpha value is -1.77. The molecule has 3 amide bonds. The maximum atomic E-state index is 11.0. The molecule has 3 N–H and O–H groups in total. The number of nitrogens with two attached hydrogens (primary N) is 1. The smallest absolute Gasteiger partial charge is 0.314 e. The molecule has 0 spiro atoms. The Bertz CT molecular complexity index is 284. The molecule has 1 heterocycles. The monoisotopic (exact) mass is 196 g/mol. The van der Waals surface area contributed by atoms with E-state index in [0.29, 0.717) is 19.5 Å². The van der Waals surface area contributed by atoms with E-state index in [1.54, 1.807) is 6.07 Å². The van der Waals surface area contributed by atoms with E-state index >= 15 is 0 Å². The van der Waals surface area contributed by atoms with Gasteiger partial charge in [0, 0.05) is 19.1 Å². The van der Waals surface area contributed by atoms with E-state index in [1.807, 2.05) is 0 Å². The highest BCUT2D eigenvalue weighted by molar-refractivity contribution is 5.78. The summed E-state index contributed by atoms with van der Waals surface area (Å²) in [6, 6.07) is 1.22. The second-order valence-corrected chi connectivity index (χ2v) is 3.17. The average molecular weight is 196 g/mol. The first-order valence-corrected chi connectivity index (χ1v) is 4.34. The van der Waals surface area contributed by atoms with Gasteiger partial charge >= 0.3 is 6.03 Å². The highest BCUT2D eigenvalue weighted by Crippen LogP contribution is 2.08. The Kier molecular flexibility index (Phi) is 3.29. The van der Waals surface area contributed by atoms with Gasteiger partial charge in [0.15, 0.2) is 0 Å². The molecule has 1 unspecified atom stereocenters. The minimum atomic E-state index is -0.470. The molecule has 1 fully saturated rings. The minimum absolute atomic E-state index is 0.0663. The van der Waals surface area contributed by atoms with Crippen molar-refractivity contribution in [1.29, 1.82) is 5.26 Å². The van der Waals surface area contributed by atoms with Gasteiger partial charge in [0.25, 0.3) is 0 Å². The molecule has 76 valence electrons. The average Bonchev–Trinajstić information content (AvgIpc) is 2.53. The van der Waals surface area contributed by atoms with Crippen molar-refractivity contribution in [2.75, 3.05) is 13.1 Å². The lowest BCUT2D eigenvalue weighted by Gasteiger charge is -2.13. The molecule has 0 aromatic carbocycles. The standard InChI is InChI=1S/C8H12N4O2/c9-3-1-7(13)11-6-2-4-12(5-6)8(10)14/h6H,1-2,4-5H2,(H2,10,14)(H,11,13). The van der Waals surface area contributed by atoms with Crippen LogP contribution in [0.5, 0.6) is 0 Å². The van der Waals surface area contributed by atoms with Gasteiger partial charge in [-0.3, -0.25) is 4.79 Å². The van der Waals surface area contributed by atoms with Gasteiger partial charge in [0.05, 0.1) is 6.07 Å². The second kappa shape index (κ2) is 4.46. The summed E-state index contributed by atoms with van der Waals surface area (Å²) in [5, 5.41) is 10.9. The van der Waals surface area contributed by atoms with Crippen LogP contribution in [0, 0.1) is 11.3 Å².